The molecule has 0 aliphatic heterocycles. The van der Waals surface area contributed by atoms with E-state index < -0.39 is 18.1 Å². The molecule has 1 unspecified atom stereocenters. The number of hydrogen-bond donors (Lipinski definition) is 2. The SMILES string of the molecule is CCCCCCCCCCCCC(CCCOC(=O)CCCCC(CCCCCCCCC(=O)O)CCCCCCCCC(=O)O)OC(=O)OCCCN(CC)CC. The predicted octanol–water partition coefficient (Wildman–Crippen LogP) is 13.5. The zero-order valence-corrected chi connectivity index (χ0v) is 37.9. The van der Waals surface area contributed by atoms with Crippen LogP contribution in [0.4, 0.5) is 4.79 Å². The third-order valence-electron chi connectivity index (χ3n) is 11.6. The van der Waals surface area contributed by atoms with E-state index in [1.807, 2.05) is 0 Å². The molecule has 0 rings (SSSR count). The number of hydrogen-bond acceptors (Lipinski definition) is 8. The Morgan fingerprint density at radius 2 is 0.845 bits per heavy atom. The van der Waals surface area contributed by atoms with Crippen LogP contribution in [0.1, 0.15) is 239 Å². The number of carbonyl (C=O) groups is 4. The number of carbonyl (C=O) groups excluding carboxylic acids is 2. The highest BCUT2D eigenvalue weighted by atomic mass is 16.7. The average molecular weight is 826 g/mol. The summed E-state index contributed by atoms with van der Waals surface area (Å²) >= 11 is 0. The van der Waals surface area contributed by atoms with Crippen molar-refractivity contribution >= 4 is 24.1 Å². The van der Waals surface area contributed by atoms with Crippen molar-refractivity contribution in [2.45, 2.75) is 245 Å². The van der Waals surface area contributed by atoms with Gasteiger partial charge in [-0.2, -0.15) is 0 Å². The molecule has 2 N–H and O–H groups in total. The lowest BCUT2D eigenvalue weighted by atomic mass is 9.89. The maximum atomic E-state index is 12.6. The summed E-state index contributed by atoms with van der Waals surface area (Å²) in [5.74, 6) is -0.922. The van der Waals surface area contributed by atoms with Gasteiger partial charge in [0, 0.05) is 25.8 Å². The van der Waals surface area contributed by atoms with Gasteiger partial charge < -0.3 is 29.3 Å². The van der Waals surface area contributed by atoms with Crippen LogP contribution < -0.4 is 0 Å². The summed E-state index contributed by atoms with van der Waals surface area (Å²) in [6.45, 7) is 10.1. The predicted molar refractivity (Wildman–Crippen MR) is 236 cm³/mol. The molecule has 10 heteroatoms. The molecule has 0 fully saturated rings. The maximum absolute atomic E-state index is 12.6. The molecule has 0 aliphatic rings. The molecule has 0 spiro atoms. The molecular weight excluding hydrogens is 735 g/mol. The molecule has 0 aliphatic carbocycles. The summed E-state index contributed by atoms with van der Waals surface area (Å²) in [6.07, 6.45) is 33.7. The van der Waals surface area contributed by atoms with Gasteiger partial charge in [-0.1, -0.05) is 168 Å². The smallest absolute Gasteiger partial charge is 0.481 e. The van der Waals surface area contributed by atoms with Gasteiger partial charge >= 0.3 is 24.1 Å². The third-order valence-corrected chi connectivity index (χ3v) is 11.6. The van der Waals surface area contributed by atoms with Crippen molar-refractivity contribution in [3.63, 3.8) is 0 Å². The molecule has 1 atom stereocenters. The second-order valence-electron chi connectivity index (χ2n) is 16.8. The van der Waals surface area contributed by atoms with E-state index in [0.29, 0.717) is 38.4 Å². The van der Waals surface area contributed by atoms with Gasteiger partial charge in [0.25, 0.3) is 0 Å². The Morgan fingerprint density at radius 1 is 0.448 bits per heavy atom. The Labute approximate surface area is 355 Å². The fraction of sp³-hybridized carbons (Fsp3) is 0.917. The van der Waals surface area contributed by atoms with Crippen LogP contribution in [0.25, 0.3) is 0 Å². The first-order valence-electron chi connectivity index (χ1n) is 24.4. The highest BCUT2D eigenvalue weighted by Gasteiger charge is 2.17. The van der Waals surface area contributed by atoms with Crippen LogP contribution in [0.15, 0.2) is 0 Å². The quantitative estimate of drug-likeness (QED) is 0.0450. The van der Waals surface area contributed by atoms with Crippen molar-refractivity contribution in [3.05, 3.63) is 0 Å². The minimum atomic E-state index is -0.710. The molecule has 58 heavy (non-hydrogen) atoms. The van der Waals surface area contributed by atoms with Gasteiger partial charge in [0.2, 0.25) is 0 Å². The van der Waals surface area contributed by atoms with Crippen LogP contribution in [-0.4, -0.2) is 78.1 Å². The molecule has 0 aromatic heterocycles. The first-order valence-corrected chi connectivity index (χ1v) is 24.4. The number of nitrogens with zero attached hydrogens (tertiary/aromatic N) is 1. The van der Waals surface area contributed by atoms with E-state index >= 15 is 0 Å². The number of unbranched alkanes of at least 4 members (excludes halogenated alkanes) is 20. The Balaban J connectivity index is 4.60. The maximum Gasteiger partial charge on any atom is 0.508 e. The fourth-order valence-corrected chi connectivity index (χ4v) is 7.81. The first kappa shape index (κ1) is 55.6. The number of carboxylic acids is 2. The van der Waals surface area contributed by atoms with E-state index in [0.717, 1.165) is 116 Å². The fourth-order valence-electron chi connectivity index (χ4n) is 7.81. The molecule has 0 saturated heterocycles. The lowest BCUT2D eigenvalue weighted by Gasteiger charge is -2.19. The van der Waals surface area contributed by atoms with Crippen LogP contribution >= 0.6 is 0 Å². The second-order valence-corrected chi connectivity index (χ2v) is 16.8. The molecule has 0 heterocycles. The topological polar surface area (TPSA) is 140 Å². The largest absolute Gasteiger partial charge is 0.508 e. The van der Waals surface area contributed by atoms with Crippen LogP contribution in [0.3, 0.4) is 0 Å². The molecule has 342 valence electrons. The van der Waals surface area contributed by atoms with Crippen LogP contribution in [0.5, 0.6) is 0 Å². The number of ether oxygens (including phenoxy) is 3. The minimum absolute atomic E-state index is 0.151. The van der Waals surface area contributed by atoms with Gasteiger partial charge in [-0.25, -0.2) is 4.79 Å². The summed E-state index contributed by atoms with van der Waals surface area (Å²) in [6, 6.07) is 0. The molecule has 10 nitrogen and oxygen atoms in total. The Bertz CT molecular complexity index is 927. The summed E-state index contributed by atoms with van der Waals surface area (Å²) in [5.41, 5.74) is 0. The Kier molecular flexibility index (Phi) is 41.0. The lowest BCUT2D eigenvalue weighted by Crippen LogP contribution is -2.26. The van der Waals surface area contributed by atoms with Gasteiger partial charge in [0.1, 0.15) is 6.10 Å². The second kappa shape index (κ2) is 42.8. The van der Waals surface area contributed by atoms with E-state index in [9.17, 15) is 19.2 Å². The van der Waals surface area contributed by atoms with E-state index in [4.69, 9.17) is 24.4 Å². The molecule has 0 amide bonds. The molecule has 0 bridgehead atoms. The normalized spacial score (nSPS) is 11.9. The third kappa shape index (κ3) is 40.4. The average Bonchev–Trinajstić information content (AvgIpc) is 3.20. The molecule has 0 aromatic rings. The summed E-state index contributed by atoms with van der Waals surface area (Å²) in [5, 5.41) is 17.7. The van der Waals surface area contributed by atoms with Crippen molar-refractivity contribution in [2.75, 3.05) is 32.8 Å². The van der Waals surface area contributed by atoms with Crippen molar-refractivity contribution < 1.29 is 43.6 Å². The minimum Gasteiger partial charge on any atom is -0.481 e. The highest BCUT2D eigenvalue weighted by Crippen LogP contribution is 2.25. The van der Waals surface area contributed by atoms with E-state index in [1.165, 1.54) is 89.9 Å². The van der Waals surface area contributed by atoms with Crippen molar-refractivity contribution in [2.24, 2.45) is 5.92 Å². The zero-order chi connectivity index (χ0) is 42.7. The van der Waals surface area contributed by atoms with Gasteiger partial charge in [-0.15, -0.1) is 0 Å². The summed E-state index contributed by atoms with van der Waals surface area (Å²) in [4.78, 5) is 49.0. The van der Waals surface area contributed by atoms with Gasteiger partial charge in [0.05, 0.1) is 13.2 Å². The van der Waals surface area contributed by atoms with E-state index in [-0.39, 0.29) is 24.9 Å². The number of carboxylic acid groups (broad SMARTS) is 2. The molecule has 0 saturated carbocycles. The van der Waals surface area contributed by atoms with Gasteiger partial charge in [0.15, 0.2) is 0 Å². The number of aliphatic carboxylic acids is 2. The molecular formula is C48H91NO9. The van der Waals surface area contributed by atoms with Crippen molar-refractivity contribution in [3.8, 4) is 0 Å². The highest BCUT2D eigenvalue weighted by molar-refractivity contribution is 5.69. The van der Waals surface area contributed by atoms with E-state index in [2.05, 4.69) is 25.7 Å². The van der Waals surface area contributed by atoms with Crippen molar-refractivity contribution in [1.29, 1.82) is 0 Å². The Hall–Kier alpha value is -2.36. The number of esters is 1. The first-order chi connectivity index (χ1) is 28.2. The Morgan fingerprint density at radius 3 is 1.33 bits per heavy atom. The van der Waals surface area contributed by atoms with Gasteiger partial charge in [-0.05, 0) is 70.4 Å². The van der Waals surface area contributed by atoms with Gasteiger partial charge in [-0.3, -0.25) is 14.4 Å². The summed E-state index contributed by atoms with van der Waals surface area (Å²) < 4.78 is 16.8. The lowest BCUT2D eigenvalue weighted by molar-refractivity contribution is -0.144. The van der Waals surface area contributed by atoms with Crippen molar-refractivity contribution in [1.82, 2.24) is 4.90 Å². The van der Waals surface area contributed by atoms with Crippen LogP contribution in [-0.2, 0) is 28.6 Å². The van der Waals surface area contributed by atoms with E-state index in [1.54, 1.807) is 0 Å². The zero-order valence-electron chi connectivity index (χ0n) is 37.9. The standard InChI is InChI=1S/C48H91NO9/c1-4-7-8-9-10-11-12-13-20-25-35-44(58-48(55)57-42-31-40-49(5-2)6-3)36-30-41-56-47(54)39-29-28-34-43(32-23-18-14-16-21-26-37-45(50)51)33-24-19-15-17-22-27-38-46(52)53/h43-44H,4-42H2,1-3H3,(H,50,51)(H,52,53). The number of rotatable bonds is 45. The monoisotopic (exact) mass is 826 g/mol. The summed E-state index contributed by atoms with van der Waals surface area (Å²) in [7, 11) is 0. The van der Waals surface area contributed by atoms with Crippen LogP contribution in [0, 0.1) is 5.92 Å². The van der Waals surface area contributed by atoms with Crippen LogP contribution in [0.2, 0.25) is 0 Å². The molecule has 0 aromatic carbocycles. The molecule has 0 radical (unpaired) electrons.